The van der Waals surface area contributed by atoms with Gasteiger partial charge in [-0.25, -0.2) is 0 Å². The highest BCUT2D eigenvalue weighted by molar-refractivity contribution is 5.49. The highest BCUT2D eigenvalue weighted by Gasteiger charge is 2.13. The molecule has 0 bridgehead atoms. The number of nitrogens with zero attached hydrogens (tertiary/aromatic N) is 2. The second kappa shape index (κ2) is 7.04. The van der Waals surface area contributed by atoms with Gasteiger partial charge in [-0.15, -0.1) is 0 Å². The smallest absolute Gasteiger partial charge is 0.121 e. The largest absolute Gasteiger partial charge is 0.303 e. The Morgan fingerprint density at radius 1 is 1.31 bits per heavy atom. The molecule has 3 nitrogen and oxygen atoms in total. The molecule has 0 aliphatic carbocycles. The topological polar surface area (TPSA) is 23.6 Å². The summed E-state index contributed by atoms with van der Waals surface area (Å²) in [6.45, 7) is 9.46. The molecular formula is C10H22N2O. The lowest BCUT2D eigenvalue weighted by Crippen LogP contribution is -2.44. The molecule has 0 N–H and O–H groups in total. The van der Waals surface area contributed by atoms with Crippen LogP contribution in [0.4, 0.5) is 0 Å². The maximum atomic E-state index is 10.2. The van der Waals surface area contributed by atoms with Gasteiger partial charge in [-0.3, -0.25) is 9.80 Å². The summed E-state index contributed by atoms with van der Waals surface area (Å²) < 4.78 is 0. The fourth-order valence-corrected chi connectivity index (χ4v) is 1.47. The van der Waals surface area contributed by atoms with Gasteiger partial charge in [0.05, 0.1) is 6.17 Å². The van der Waals surface area contributed by atoms with E-state index in [0.29, 0.717) is 12.6 Å². The van der Waals surface area contributed by atoms with Crippen LogP contribution in [-0.2, 0) is 4.79 Å². The lowest BCUT2D eigenvalue weighted by Gasteiger charge is -2.33. The van der Waals surface area contributed by atoms with E-state index in [4.69, 9.17) is 0 Å². The first kappa shape index (κ1) is 12.6. The Bertz CT molecular complexity index is 135. The first-order valence-electron chi connectivity index (χ1n) is 5.05. The van der Waals surface area contributed by atoms with Crippen LogP contribution in [0.3, 0.4) is 0 Å². The van der Waals surface area contributed by atoms with Gasteiger partial charge in [-0.2, -0.15) is 0 Å². The van der Waals surface area contributed by atoms with E-state index in [1.54, 1.807) is 0 Å². The molecule has 0 aliphatic rings. The number of carbonyl (C=O) groups excluding carboxylic acids is 1. The van der Waals surface area contributed by atoms with Gasteiger partial charge in [-0.1, -0.05) is 13.8 Å². The molecule has 3 heteroatoms. The Morgan fingerprint density at radius 3 is 2.23 bits per heavy atom. The molecule has 0 aromatic heterocycles. The minimum Gasteiger partial charge on any atom is -0.303 e. The van der Waals surface area contributed by atoms with Gasteiger partial charge in [0.2, 0.25) is 0 Å². The zero-order chi connectivity index (χ0) is 10.3. The van der Waals surface area contributed by atoms with E-state index in [2.05, 4.69) is 37.6 Å². The third-order valence-electron chi connectivity index (χ3n) is 2.58. The van der Waals surface area contributed by atoms with Crippen molar-refractivity contribution in [2.45, 2.75) is 33.4 Å². The van der Waals surface area contributed by atoms with Crippen LogP contribution in [0, 0.1) is 0 Å². The van der Waals surface area contributed by atoms with Crippen molar-refractivity contribution < 1.29 is 4.79 Å². The predicted molar refractivity (Wildman–Crippen MR) is 55.7 cm³/mol. The molecule has 1 unspecified atom stereocenters. The first-order valence-corrected chi connectivity index (χ1v) is 5.05. The second-order valence-electron chi connectivity index (χ2n) is 3.29. The van der Waals surface area contributed by atoms with Gasteiger partial charge in [0, 0.05) is 13.0 Å². The molecule has 0 aliphatic heterocycles. The van der Waals surface area contributed by atoms with Crippen LogP contribution in [0.1, 0.15) is 27.2 Å². The zero-order valence-electron chi connectivity index (χ0n) is 9.29. The van der Waals surface area contributed by atoms with Gasteiger partial charge in [0.1, 0.15) is 6.29 Å². The Balaban J connectivity index is 3.90. The lowest BCUT2D eigenvalue weighted by molar-refractivity contribution is -0.108. The normalized spacial score (nSPS) is 13.7. The number of carbonyl (C=O) groups is 1. The summed E-state index contributed by atoms with van der Waals surface area (Å²) in [4.78, 5) is 14.8. The van der Waals surface area contributed by atoms with Crippen molar-refractivity contribution >= 4 is 6.29 Å². The molecule has 0 amide bonds. The van der Waals surface area contributed by atoms with Gasteiger partial charge in [0.15, 0.2) is 0 Å². The number of rotatable bonds is 7. The molecule has 0 aromatic rings. The monoisotopic (exact) mass is 186 g/mol. The van der Waals surface area contributed by atoms with Crippen molar-refractivity contribution in [2.24, 2.45) is 0 Å². The first-order chi connectivity index (χ1) is 6.17. The second-order valence-corrected chi connectivity index (χ2v) is 3.29. The van der Waals surface area contributed by atoms with Gasteiger partial charge >= 0.3 is 0 Å². The quantitative estimate of drug-likeness (QED) is 0.441. The fraction of sp³-hybridized carbons (Fsp3) is 0.900. The summed E-state index contributed by atoms with van der Waals surface area (Å²) in [5.74, 6) is 0. The summed E-state index contributed by atoms with van der Waals surface area (Å²) in [5.41, 5.74) is 0. The third kappa shape index (κ3) is 4.39. The van der Waals surface area contributed by atoms with E-state index >= 15 is 0 Å². The molecule has 13 heavy (non-hydrogen) atoms. The average Bonchev–Trinajstić information content (AvgIpc) is 2.15. The number of aldehydes is 1. The van der Waals surface area contributed by atoms with Crippen LogP contribution >= 0.6 is 0 Å². The number of hydrogen-bond acceptors (Lipinski definition) is 3. The zero-order valence-corrected chi connectivity index (χ0v) is 9.29. The number of hydrogen-bond donors (Lipinski definition) is 0. The van der Waals surface area contributed by atoms with E-state index in [0.717, 1.165) is 25.9 Å². The van der Waals surface area contributed by atoms with Crippen molar-refractivity contribution in [3.05, 3.63) is 0 Å². The Morgan fingerprint density at radius 2 is 1.85 bits per heavy atom. The van der Waals surface area contributed by atoms with E-state index < -0.39 is 0 Å². The Labute approximate surface area is 81.7 Å². The van der Waals surface area contributed by atoms with E-state index in [1.165, 1.54) is 0 Å². The standard InChI is InChI=1S/C10H22N2O/c1-5-12(6-2)10(3)11(4)8-7-9-13/h9-10H,5-8H2,1-4H3. The van der Waals surface area contributed by atoms with E-state index in [9.17, 15) is 4.79 Å². The lowest BCUT2D eigenvalue weighted by atomic mass is 10.3. The molecule has 0 rings (SSSR count). The minimum absolute atomic E-state index is 0.426. The van der Waals surface area contributed by atoms with Crippen LogP contribution in [0.15, 0.2) is 0 Å². The minimum atomic E-state index is 0.426. The van der Waals surface area contributed by atoms with Crippen LogP contribution in [-0.4, -0.2) is 48.9 Å². The van der Waals surface area contributed by atoms with Gasteiger partial charge < -0.3 is 4.79 Å². The highest BCUT2D eigenvalue weighted by atomic mass is 16.1. The summed E-state index contributed by atoms with van der Waals surface area (Å²) >= 11 is 0. The predicted octanol–water partition coefficient (Wildman–Crippen LogP) is 1.20. The molecule has 0 aromatic carbocycles. The SMILES string of the molecule is CCN(CC)C(C)N(C)CCC=O. The maximum Gasteiger partial charge on any atom is 0.121 e. The molecule has 0 saturated carbocycles. The van der Waals surface area contributed by atoms with Crippen molar-refractivity contribution in [1.29, 1.82) is 0 Å². The third-order valence-corrected chi connectivity index (χ3v) is 2.58. The van der Waals surface area contributed by atoms with E-state index in [-0.39, 0.29) is 0 Å². The molecular weight excluding hydrogens is 164 g/mol. The van der Waals surface area contributed by atoms with Crippen molar-refractivity contribution in [3.63, 3.8) is 0 Å². The summed E-state index contributed by atoms with van der Waals surface area (Å²) in [6, 6.07) is 0. The highest BCUT2D eigenvalue weighted by Crippen LogP contribution is 2.02. The van der Waals surface area contributed by atoms with Crippen molar-refractivity contribution in [1.82, 2.24) is 9.80 Å². The van der Waals surface area contributed by atoms with Gasteiger partial charge in [-0.05, 0) is 27.1 Å². The summed E-state index contributed by atoms with van der Waals surface area (Å²) in [7, 11) is 2.06. The fourth-order valence-electron chi connectivity index (χ4n) is 1.47. The molecule has 0 heterocycles. The molecule has 0 radical (unpaired) electrons. The Hall–Kier alpha value is -0.410. The summed E-state index contributed by atoms with van der Waals surface area (Å²) in [6.07, 6.45) is 2.03. The molecule has 1 atom stereocenters. The van der Waals surface area contributed by atoms with Crippen LogP contribution < -0.4 is 0 Å². The van der Waals surface area contributed by atoms with Crippen molar-refractivity contribution in [2.75, 3.05) is 26.7 Å². The van der Waals surface area contributed by atoms with E-state index in [1.807, 2.05) is 0 Å². The van der Waals surface area contributed by atoms with Crippen molar-refractivity contribution in [3.8, 4) is 0 Å². The Kier molecular flexibility index (Phi) is 6.82. The molecule has 0 fully saturated rings. The van der Waals surface area contributed by atoms with Crippen LogP contribution in [0.25, 0.3) is 0 Å². The van der Waals surface area contributed by atoms with Crippen LogP contribution in [0.2, 0.25) is 0 Å². The molecule has 0 spiro atoms. The molecule has 0 saturated heterocycles. The maximum absolute atomic E-state index is 10.2. The average molecular weight is 186 g/mol. The summed E-state index contributed by atoms with van der Waals surface area (Å²) in [5, 5.41) is 0. The molecule has 78 valence electrons. The van der Waals surface area contributed by atoms with Gasteiger partial charge in [0.25, 0.3) is 0 Å². The van der Waals surface area contributed by atoms with Crippen LogP contribution in [0.5, 0.6) is 0 Å².